The predicted octanol–water partition coefficient (Wildman–Crippen LogP) is 2.73. The third kappa shape index (κ3) is 3.28. The van der Waals surface area contributed by atoms with Crippen LogP contribution in [0.4, 0.5) is 0 Å². The minimum absolute atomic E-state index is 0.201. The Balaban J connectivity index is 2.01. The van der Waals surface area contributed by atoms with Crippen LogP contribution in [0, 0.1) is 0 Å². The number of thioether (sulfide) groups is 1. The zero-order valence-electron chi connectivity index (χ0n) is 14.4. The van der Waals surface area contributed by atoms with Crippen molar-refractivity contribution in [2.75, 3.05) is 13.4 Å². The summed E-state index contributed by atoms with van der Waals surface area (Å²) in [6, 6.07) is 11.4. The Hall–Kier alpha value is -1.84. The summed E-state index contributed by atoms with van der Waals surface area (Å²) in [5.41, 5.74) is 1.33. The highest BCUT2D eigenvalue weighted by Gasteiger charge is 2.35. The number of benzene rings is 2. The molecule has 138 valence electrons. The maximum absolute atomic E-state index is 12.9. The van der Waals surface area contributed by atoms with Crippen molar-refractivity contribution in [3.63, 3.8) is 0 Å². The fourth-order valence-electron chi connectivity index (χ4n) is 2.99. The van der Waals surface area contributed by atoms with Gasteiger partial charge < -0.3 is 4.74 Å². The van der Waals surface area contributed by atoms with E-state index in [-0.39, 0.29) is 5.91 Å². The van der Waals surface area contributed by atoms with Gasteiger partial charge in [-0.15, -0.1) is 5.10 Å². The topological polar surface area (TPSA) is 66.3 Å². The molecule has 2 aliphatic rings. The second-order valence-corrected chi connectivity index (χ2v) is 8.37. The number of ether oxygens (including phenoxy) is 1. The third-order valence-electron chi connectivity index (χ3n) is 4.24. The first kappa shape index (κ1) is 18.5. The highest BCUT2D eigenvalue weighted by molar-refractivity contribution is 9.10. The van der Waals surface area contributed by atoms with E-state index in [0.29, 0.717) is 16.6 Å². The van der Waals surface area contributed by atoms with E-state index in [1.165, 1.54) is 11.8 Å². The lowest BCUT2D eigenvalue weighted by Crippen LogP contribution is -2.50. The van der Waals surface area contributed by atoms with Crippen molar-refractivity contribution in [3.8, 4) is 5.75 Å². The maximum atomic E-state index is 12.9. The minimum Gasteiger partial charge on any atom is -0.497 e. The third-order valence-corrected chi connectivity index (χ3v) is 6.03. The lowest BCUT2D eigenvalue weighted by molar-refractivity contribution is -0.116. The molecule has 1 atom stereocenters. The molecule has 1 amide bonds. The van der Waals surface area contributed by atoms with Crippen molar-refractivity contribution in [2.24, 2.45) is 10.1 Å². The quantitative estimate of drug-likeness (QED) is 0.676. The molecule has 27 heavy (non-hydrogen) atoms. The summed E-state index contributed by atoms with van der Waals surface area (Å²) in [6.45, 7) is 0. The number of amides is 1. The first-order valence-electron chi connectivity index (χ1n) is 7.96. The molecule has 4 rings (SSSR count). The monoisotopic (exact) mass is 508 g/mol. The molecule has 0 saturated heterocycles. The largest absolute Gasteiger partial charge is 0.497 e. The van der Waals surface area contributed by atoms with Gasteiger partial charge in [-0.3, -0.25) is 15.1 Å². The zero-order valence-corrected chi connectivity index (χ0v) is 18.4. The summed E-state index contributed by atoms with van der Waals surface area (Å²) in [5.74, 6) is 0.509. The van der Waals surface area contributed by atoms with E-state index >= 15 is 0 Å². The van der Waals surface area contributed by atoms with Crippen LogP contribution in [0.15, 0.2) is 55.4 Å². The minimum atomic E-state index is -0.494. The second kappa shape index (κ2) is 7.29. The van der Waals surface area contributed by atoms with Crippen molar-refractivity contribution in [2.45, 2.75) is 6.17 Å². The van der Waals surface area contributed by atoms with Crippen molar-refractivity contribution < 1.29 is 9.53 Å². The summed E-state index contributed by atoms with van der Waals surface area (Å²) in [4.78, 5) is 17.8. The Kier molecular flexibility index (Phi) is 5.00. The van der Waals surface area contributed by atoms with Crippen molar-refractivity contribution in [1.29, 1.82) is 0 Å². The van der Waals surface area contributed by atoms with E-state index < -0.39 is 6.17 Å². The van der Waals surface area contributed by atoms with Gasteiger partial charge in [-0.05, 0) is 42.7 Å². The van der Waals surface area contributed by atoms with Gasteiger partial charge in [0.1, 0.15) is 11.4 Å². The number of carbonyl (C=O) groups is 1. The van der Waals surface area contributed by atoms with Gasteiger partial charge in [-0.2, -0.15) is 0 Å². The van der Waals surface area contributed by atoms with Gasteiger partial charge in [-0.25, -0.2) is 5.01 Å². The van der Waals surface area contributed by atoms with Crippen LogP contribution in [0.3, 0.4) is 0 Å². The number of amidine groups is 1. The van der Waals surface area contributed by atoms with E-state index in [0.717, 1.165) is 25.1 Å². The number of hydrazone groups is 1. The Morgan fingerprint density at radius 2 is 2.04 bits per heavy atom. The molecule has 0 aliphatic carbocycles. The van der Waals surface area contributed by atoms with E-state index in [9.17, 15) is 4.79 Å². The summed E-state index contributed by atoms with van der Waals surface area (Å²) in [5, 5.41) is 11.1. The van der Waals surface area contributed by atoms with Gasteiger partial charge in [-0.1, -0.05) is 43.6 Å². The molecule has 0 saturated carbocycles. The summed E-state index contributed by atoms with van der Waals surface area (Å²) in [7, 11) is 1.62. The highest BCUT2D eigenvalue weighted by atomic mass is 79.9. The van der Waals surface area contributed by atoms with Crippen LogP contribution >= 0.6 is 43.6 Å². The molecule has 0 fully saturated rings. The lowest BCUT2D eigenvalue weighted by atomic mass is 10.1. The normalized spacial score (nSPS) is 18.1. The molecule has 2 aromatic rings. The number of hydrogen-bond donors (Lipinski definition) is 1. The van der Waals surface area contributed by atoms with Crippen molar-refractivity contribution in [1.82, 2.24) is 10.3 Å². The first-order chi connectivity index (χ1) is 13.0. The molecule has 9 heteroatoms. The fraction of sp³-hybridized carbons (Fsp3) is 0.167. The van der Waals surface area contributed by atoms with Gasteiger partial charge >= 0.3 is 0 Å². The standard InChI is InChI=1S/C18H14Br2N4O2S/c1-26-10-4-5-13(20)11(8-10)16-21-14-6-3-9(19)7-12(14)15-17(25)22-18(27-2)23-24(15)16/h3-8,16H,1-2H3,(H,22,23,25)/t16-/m0/s1. The van der Waals surface area contributed by atoms with E-state index in [1.807, 2.05) is 42.7 Å². The number of methoxy groups -OCH3 is 1. The molecule has 0 unspecified atom stereocenters. The van der Waals surface area contributed by atoms with Crippen LogP contribution in [0.5, 0.6) is 5.75 Å². The Morgan fingerprint density at radius 3 is 2.78 bits per heavy atom. The number of fused-ring (bicyclic) bond motifs is 2. The molecule has 1 N–H and O–H groups in total. The number of hydrogen-bond acceptors (Lipinski definition) is 6. The average Bonchev–Trinajstić information content (AvgIpc) is 2.67. The predicted molar refractivity (Wildman–Crippen MR) is 113 cm³/mol. The summed E-state index contributed by atoms with van der Waals surface area (Å²) >= 11 is 8.45. The molecular formula is C18H14Br2N4O2S. The van der Waals surface area contributed by atoms with Crippen LogP contribution in [-0.2, 0) is 4.79 Å². The molecule has 6 nitrogen and oxygen atoms in total. The van der Waals surface area contributed by atoms with Crippen LogP contribution in [0.1, 0.15) is 11.7 Å². The SMILES string of the molecule is COc1ccc(Br)c([C@H]2N=c3ccc(Br)cc3=C3C(=O)NC(SC)=NN32)c1. The summed E-state index contributed by atoms with van der Waals surface area (Å²) in [6.07, 6.45) is 1.37. The van der Waals surface area contributed by atoms with E-state index in [2.05, 4.69) is 42.3 Å². The summed E-state index contributed by atoms with van der Waals surface area (Å²) < 4.78 is 7.11. The van der Waals surface area contributed by atoms with Crippen LogP contribution in [0.25, 0.3) is 5.70 Å². The fourth-order valence-corrected chi connectivity index (χ4v) is 4.17. The molecule has 2 aliphatic heterocycles. The van der Waals surface area contributed by atoms with Crippen LogP contribution < -0.4 is 20.6 Å². The van der Waals surface area contributed by atoms with Crippen LogP contribution in [0.2, 0.25) is 0 Å². The van der Waals surface area contributed by atoms with Crippen LogP contribution in [-0.4, -0.2) is 29.4 Å². The van der Waals surface area contributed by atoms with Gasteiger partial charge in [0.2, 0.25) is 0 Å². The van der Waals surface area contributed by atoms with Crippen molar-refractivity contribution >= 4 is 60.4 Å². The Morgan fingerprint density at radius 1 is 1.22 bits per heavy atom. The first-order valence-corrected chi connectivity index (χ1v) is 10.8. The molecule has 2 heterocycles. The zero-order chi connectivity index (χ0) is 19.1. The molecule has 0 aromatic heterocycles. The number of nitrogens with one attached hydrogen (secondary N) is 1. The maximum Gasteiger partial charge on any atom is 0.276 e. The molecule has 2 aromatic carbocycles. The number of nitrogens with zero attached hydrogens (tertiary/aromatic N) is 3. The van der Waals surface area contributed by atoms with Crippen molar-refractivity contribution in [3.05, 3.63) is 61.5 Å². The number of rotatable bonds is 2. The molecule has 0 spiro atoms. The average molecular weight is 510 g/mol. The van der Waals surface area contributed by atoms with E-state index in [4.69, 9.17) is 9.73 Å². The number of halogens is 2. The van der Waals surface area contributed by atoms with Gasteiger partial charge in [0.25, 0.3) is 5.91 Å². The van der Waals surface area contributed by atoms with Gasteiger partial charge in [0.05, 0.1) is 12.5 Å². The molecule has 0 bridgehead atoms. The molecule has 0 radical (unpaired) electrons. The smallest absolute Gasteiger partial charge is 0.276 e. The van der Waals surface area contributed by atoms with E-state index in [1.54, 1.807) is 12.1 Å². The lowest BCUT2D eigenvalue weighted by Gasteiger charge is -2.34. The number of carbonyl (C=O) groups excluding carboxylic acids is 1. The Labute approximate surface area is 176 Å². The molecular weight excluding hydrogens is 496 g/mol. The highest BCUT2D eigenvalue weighted by Crippen LogP contribution is 2.36. The van der Waals surface area contributed by atoms with Gasteiger partial charge in [0, 0.05) is 19.7 Å². The Bertz CT molecular complexity index is 1100. The second-order valence-electron chi connectivity index (χ2n) is 5.81. The van der Waals surface area contributed by atoms with Gasteiger partial charge in [0.15, 0.2) is 11.3 Å².